The van der Waals surface area contributed by atoms with Crippen molar-refractivity contribution in [2.75, 3.05) is 26.2 Å². The molecule has 3 rings (SSSR count). The SMILES string of the molecule is Cc1ccccc1C1CC(C)N(CC2(C)CCNC2)C1.Cl. The first-order valence-electron chi connectivity index (χ1n) is 8.08. The zero-order valence-corrected chi connectivity index (χ0v) is 14.4. The Morgan fingerprint density at radius 2 is 2.10 bits per heavy atom. The van der Waals surface area contributed by atoms with E-state index in [1.165, 1.54) is 44.6 Å². The zero-order chi connectivity index (χ0) is 14.2. The van der Waals surface area contributed by atoms with Gasteiger partial charge < -0.3 is 5.32 Å². The van der Waals surface area contributed by atoms with Gasteiger partial charge in [-0.2, -0.15) is 0 Å². The fourth-order valence-corrected chi connectivity index (χ4v) is 4.08. The van der Waals surface area contributed by atoms with E-state index < -0.39 is 0 Å². The number of rotatable bonds is 3. The highest BCUT2D eigenvalue weighted by Gasteiger charge is 2.37. The molecule has 2 fully saturated rings. The molecule has 2 heterocycles. The van der Waals surface area contributed by atoms with Gasteiger partial charge >= 0.3 is 0 Å². The molecule has 118 valence electrons. The van der Waals surface area contributed by atoms with Crippen molar-refractivity contribution in [1.29, 1.82) is 0 Å². The maximum Gasteiger partial charge on any atom is 0.00737 e. The van der Waals surface area contributed by atoms with Crippen LogP contribution in [0.1, 0.15) is 43.7 Å². The van der Waals surface area contributed by atoms with Crippen LogP contribution < -0.4 is 5.32 Å². The van der Waals surface area contributed by atoms with Gasteiger partial charge in [0, 0.05) is 25.7 Å². The molecule has 21 heavy (non-hydrogen) atoms. The number of nitrogens with zero attached hydrogens (tertiary/aromatic N) is 1. The third-order valence-corrected chi connectivity index (χ3v) is 5.37. The van der Waals surface area contributed by atoms with Crippen LogP contribution in [0, 0.1) is 12.3 Å². The summed E-state index contributed by atoms with van der Waals surface area (Å²) in [6, 6.07) is 9.65. The van der Waals surface area contributed by atoms with Crippen molar-refractivity contribution in [3.8, 4) is 0 Å². The van der Waals surface area contributed by atoms with Gasteiger partial charge in [-0.25, -0.2) is 0 Å². The molecule has 0 bridgehead atoms. The molecule has 0 amide bonds. The Hall–Kier alpha value is -0.570. The summed E-state index contributed by atoms with van der Waals surface area (Å²) in [6.45, 7) is 12.0. The maximum atomic E-state index is 3.53. The minimum absolute atomic E-state index is 0. The number of halogens is 1. The second-order valence-electron chi connectivity index (χ2n) is 7.31. The highest BCUT2D eigenvalue weighted by Crippen LogP contribution is 2.36. The summed E-state index contributed by atoms with van der Waals surface area (Å²) in [5.74, 6) is 0.726. The first-order chi connectivity index (χ1) is 9.57. The molecule has 0 spiro atoms. The van der Waals surface area contributed by atoms with E-state index >= 15 is 0 Å². The van der Waals surface area contributed by atoms with Crippen molar-refractivity contribution < 1.29 is 0 Å². The van der Waals surface area contributed by atoms with Crippen LogP contribution >= 0.6 is 12.4 Å². The number of hydrogen-bond donors (Lipinski definition) is 1. The standard InChI is InChI=1S/C18H28N2.ClH/c1-14-6-4-5-7-17(14)16-10-15(2)20(11-16)13-18(3)8-9-19-12-18;/h4-7,15-16,19H,8-13H2,1-3H3;1H. The maximum absolute atomic E-state index is 3.53. The molecule has 2 aliphatic rings. The summed E-state index contributed by atoms with van der Waals surface area (Å²) in [6.07, 6.45) is 2.64. The largest absolute Gasteiger partial charge is 0.316 e. The molecule has 2 saturated heterocycles. The predicted octanol–water partition coefficient (Wildman–Crippen LogP) is 3.59. The van der Waals surface area contributed by atoms with Crippen LogP contribution in [-0.4, -0.2) is 37.1 Å². The highest BCUT2D eigenvalue weighted by atomic mass is 35.5. The molecule has 1 aromatic carbocycles. The molecule has 3 heteroatoms. The van der Waals surface area contributed by atoms with Gasteiger partial charge in [-0.3, -0.25) is 4.90 Å². The van der Waals surface area contributed by atoms with Gasteiger partial charge in [0.25, 0.3) is 0 Å². The van der Waals surface area contributed by atoms with Gasteiger partial charge in [0.2, 0.25) is 0 Å². The summed E-state index contributed by atoms with van der Waals surface area (Å²) < 4.78 is 0. The fourth-order valence-electron chi connectivity index (χ4n) is 4.08. The number of nitrogens with one attached hydrogen (secondary N) is 1. The molecule has 0 aromatic heterocycles. The van der Waals surface area contributed by atoms with E-state index in [4.69, 9.17) is 0 Å². The number of aryl methyl sites for hydroxylation is 1. The fraction of sp³-hybridized carbons (Fsp3) is 0.667. The van der Waals surface area contributed by atoms with Crippen molar-refractivity contribution in [1.82, 2.24) is 10.2 Å². The Morgan fingerprint density at radius 3 is 2.76 bits per heavy atom. The first kappa shape index (κ1) is 16.8. The summed E-state index contributed by atoms with van der Waals surface area (Å²) in [5.41, 5.74) is 3.51. The smallest absolute Gasteiger partial charge is 0.00737 e. The van der Waals surface area contributed by atoms with E-state index in [9.17, 15) is 0 Å². The molecule has 1 N–H and O–H groups in total. The third-order valence-electron chi connectivity index (χ3n) is 5.37. The van der Waals surface area contributed by atoms with Gasteiger partial charge in [-0.05, 0) is 55.7 Å². The lowest BCUT2D eigenvalue weighted by molar-refractivity contribution is 0.171. The highest BCUT2D eigenvalue weighted by molar-refractivity contribution is 5.85. The Labute approximate surface area is 135 Å². The Bertz CT molecular complexity index is 468. The average molecular weight is 309 g/mol. The Kier molecular flexibility index (Phi) is 5.34. The van der Waals surface area contributed by atoms with E-state index in [-0.39, 0.29) is 12.4 Å². The molecule has 0 saturated carbocycles. The molecule has 1 aromatic rings. The first-order valence-corrected chi connectivity index (χ1v) is 8.08. The topological polar surface area (TPSA) is 15.3 Å². The number of hydrogen-bond acceptors (Lipinski definition) is 2. The molecular weight excluding hydrogens is 280 g/mol. The predicted molar refractivity (Wildman–Crippen MR) is 92.4 cm³/mol. The van der Waals surface area contributed by atoms with Crippen LogP contribution in [0.4, 0.5) is 0 Å². The average Bonchev–Trinajstić information content (AvgIpc) is 2.98. The van der Waals surface area contributed by atoms with Gasteiger partial charge in [0.1, 0.15) is 0 Å². The van der Waals surface area contributed by atoms with Gasteiger partial charge in [-0.1, -0.05) is 31.2 Å². The van der Waals surface area contributed by atoms with Crippen molar-refractivity contribution in [2.45, 2.75) is 45.6 Å². The van der Waals surface area contributed by atoms with Crippen molar-refractivity contribution in [3.63, 3.8) is 0 Å². The van der Waals surface area contributed by atoms with E-state index in [2.05, 4.69) is 55.3 Å². The summed E-state index contributed by atoms with van der Waals surface area (Å²) in [7, 11) is 0. The van der Waals surface area contributed by atoms with Crippen LogP contribution in [0.5, 0.6) is 0 Å². The van der Waals surface area contributed by atoms with E-state index in [0.717, 1.165) is 12.0 Å². The minimum atomic E-state index is 0. The molecule has 2 nitrogen and oxygen atoms in total. The lowest BCUT2D eigenvalue weighted by Gasteiger charge is -2.31. The number of likely N-dealkylation sites (tertiary alicyclic amines) is 1. The molecular formula is C18H29ClN2. The van der Waals surface area contributed by atoms with E-state index in [1.54, 1.807) is 5.56 Å². The summed E-state index contributed by atoms with van der Waals surface area (Å²) in [5, 5.41) is 3.53. The van der Waals surface area contributed by atoms with Crippen LogP contribution in [0.3, 0.4) is 0 Å². The lowest BCUT2D eigenvalue weighted by atomic mass is 9.89. The molecule has 0 aliphatic carbocycles. The Balaban J connectivity index is 0.00000161. The second kappa shape index (κ2) is 6.68. The van der Waals surface area contributed by atoms with E-state index in [1.807, 2.05) is 0 Å². The van der Waals surface area contributed by atoms with Crippen LogP contribution in [0.25, 0.3) is 0 Å². The quantitative estimate of drug-likeness (QED) is 0.918. The Morgan fingerprint density at radius 1 is 1.33 bits per heavy atom. The van der Waals surface area contributed by atoms with Crippen LogP contribution in [0.2, 0.25) is 0 Å². The van der Waals surface area contributed by atoms with E-state index in [0.29, 0.717) is 5.41 Å². The van der Waals surface area contributed by atoms with Gasteiger partial charge in [0.15, 0.2) is 0 Å². The second-order valence-corrected chi connectivity index (χ2v) is 7.31. The summed E-state index contributed by atoms with van der Waals surface area (Å²) >= 11 is 0. The lowest BCUT2D eigenvalue weighted by Crippen LogP contribution is -2.39. The number of benzene rings is 1. The molecule has 3 atom stereocenters. The monoisotopic (exact) mass is 308 g/mol. The molecule has 0 radical (unpaired) electrons. The van der Waals surface area contributed by atoms with Crippen LogP contribution in [-0.2, 0) is 0 Å². The van der Waals surface area contributed by atoms with Gasteiger partial charge in [-0.15, -0.1) is 12.4 Å². The zero-order valence-electron chi connectivity index (χ0n) is 13.6. The van der Waals surface area contributed by atoms with Crippen LogP contribution in [0.15, 0.2) is 24.3 Å². The minimum Gasteiger partial charge on any atom is -0.316 e. The van der Waals surface area contributed by atoms with Crippen molar-refractivity contribution >= 4 is 12.4 Å². The van der Waals surface area contributed by atoms with Gasteiger partial charge in [0.05, 0.1) is 0 Å². The molecule has 3 unspecified atom stereocenters. The molecule has 2 aliphatic heterocycles. The normalized spacial score (nSPS) is 33.1. The third kappa shape index (κ3) is 3.61. The van der Waals surface area contributed by atoms with Crippen molar-refractivity contribution in [3.05, 3.63) is 35.4 Å². The van der Waals surface area contributed by atoms with Crippen molar-refractivity contribution in [2.24, 2.45) is 5.41 Å². The summed E-state index contributed by atoms with van der Waals surface area (Å²) in [4.78, 5) is 2.73.